The highest BCUT2D eigenvalue weighted by molar-refractivity contribution is 7.99. The molecule has 2 N–H and O–H groups in total. The van der Waals surface area contributed by atoms with Gasteiger partial charge in [-0.15, -0.1) is 11.8 Å². The maximum absolute atomic E-state index is 9.14. The lowest BCUT2D eigenvalue weighted by atomic mass is 10.0. The molecule has 0 saturated heterocycles. The number of benzene rings is 1. The average Bonchev–Trinajstić information content (AvgIpc) is 2.52. The Hall–Kier alpha value is -0.220. The molecule has 2 rings (SSSR count). The Balaban J connectivity index is 2.25. The van der Waals surface area contributed by atoms with Gasteiger partial charge in [-0.1, -0.05) is 11.6 Å². The largest absolute Gasteiger partial charge is 0.395 e. The predicted molar refractivity (Wildman–Crippen MR) is 73.8 cm³/mol. The molecule has 0 radical (unpaired) electrons. The maximum Gasteiger partial charge on any atom is 0.0582 e. The first-order valence-electron chi connectivity index (χ1n) is 6.00. The van der Waals surface area contributed by atoms with E-state index < -0.39 is 0 Å². The zero-order valence-electron chi connectivity index (χ0n) is 9.95. The minimum atomic E-state index is 0.120. The van der Waals surface area contributed by atoms with Crippen molar-refractivity contribution in [3.8, 4) is 0 Å². The summed E-state index contributed by atoms with van der Waals surface area (Å²) >= 11 is 7.97. The van der Waals surface area contributed by atoms with Gasteiger partial charge in [0.25, 0.3) is 0 Å². The van der Waals surface area contributed by atoms with Gasteiger partial charge in [-0.25, -0.2) is 0 Å². The van der Waals surface area contributed by atoms with Crippen LogP contribution in [0.3, 0.4) is 0 Å². The van der Waals surface area contributed by atoms with Gasteiger partial charge in [0.2, 0.25) is 0 Å². The van der Waals surface area contributed by atoms with Crippen LogP contribution in [0.5, 0.6) is 0 Å². The highest BCUT2D eigenvalue weighted by atomic mass is 35.5. The van der Waals surface area contributed by atoms with Gasteiger partial charge in [-0.3, -0.25) is 0 Å². The Labute approximate surface area is 112 Å². The lowest BCUT2D eigenvalue weighted by Gasteiger charge is -2.22. The predicted octanol–water partition coefficient (Wildman–Crippen LogP) is 3.24. The van der Waals surface area contributed by atoms with Gasteiger partial charge in [0.15, 0.2) is 0 Å². The second kappa shape index (κ2) is 6.10. The van der Waals surface area contributed by atoms with Gasteiger partial charge in [0.05, 0.1) is 6.61 Å². The summed E-state index contributed by atoms with van der Waals surface area (Å²) in [5.41, 5.74) is 1.28. The first kappa shape index (κ1) is 13.2. The summed E-state index contributed by atoms with van der Waals surface area (Å²) in [4.78, 5) is 1.31. The first-order valence-corrected chi connectivity index (χ1v) is 7.36. The second-order valence-corrected chi connectivity index (χ2v) is 6.05. The second-order valence-electron chi connectivity index (χ2n) is 4.48. The number of nitrogens with one attached hydrogen (secondary N) is 1. The van der Waals surface area contributed by atoms with E-state index in [0.29, 0.717) is 6.04 Å². The molecule has 0 amide bonds. The maximum atomic E-state index is 9.14. The van der Waals surface area contributed by atoms with Gasteiger partial charge in [-0.2, -0.15) is 0 Å². The standard InChI is InChI=1S/C13H18ClNOS/c1-9(8-16)15-12-3-2-6-17-13-5-4-10(14)7-11(12)13/h4-5,7,9,12,15-16H,2-3,6,8H2,1H3/t9-,12?/m1/s1. The van der Waals surface area contributed by atoms with Crippen LogP contribution in [0.1, 0.15) is 31.4 Å². The van der Waals surface area contributed by atoms with Crippen LogP contribution in [0.2, 0.25) is 5.02 Å². The van der Waals surface area contributed by atoms with Crippen molar-refractivity contribution >= 4 is 23.4 Å². The summed E-state index contributed by atoms with van der Waals surface area (Å²) in [6.07, 6.45) is 2.29. The zero-order valence-corrected chi connectivity index (χ0v) is 11.5. The van der Waals surface area contributed by atoms with E-state index in [1.54, 1.807) is 0 Å². The number of aliphatic hydroxyl groups is 1. The number of aliphatic hydroxyl groups excluding tert-OH is 1. The topological polar surface area (TPSA) is 32.3 Å². The molecular formula is C13H18ClNOS. The summed E-state index contributed by atoms with van der Waals surface area (Å²) in [6.45, 7) is 2.17. The molecule has 0 bridgehead atoms. The normalized spacial score (nSPS) is 21.7. The van der Waals surface area contributed by atoms with E-state index in [1.807, 2.05) is 24.8 Å². The van der Waals surface area contributed by atoms with Crippen molar-refractivity contribution in [2.75, 3.05) is 12.4 Å². The van der Waals surface area contributed by atoms with Crippen molar-refractivity contribution in [3.05, 3.63) is 28.8 Å². The highest BCUT2D eigenvalue weighted by Gasteiger charge is 2.20. The Morgan fingerprint density at radius 1 is 1.59 bits per heavy atom. The summed E-state index contributed by atoms with van der Waals surface area (Å²) < 4.78 is 0. The smallest absolute Gasteiger partial charge is 0.0582 e. The number of hydrogen-bond acceptors (Lipinski definition) is 3. The Morgan fingerprint density at radius 3 is 3.18 bits per heavy atom. The van der Waals surface area contributed by atoms with Crippen LogP contribution in [0.25, 0.3) is 0 Å². The third-order valence-electron chi connectivity index (χ3n) is 3.00. The van der Waals surface area contributed by atoms with Crippen molar-refractivity contribution in [1.29, 1.82) is 0 Å². The van der Waals surface area contributed by atoms with Gasteiger partial charge >= 0.3 is 0 Å². The monoisotopic (exact) mass is 271 g/mol. The third-order valence-corrected chi connectivity index (χ3v) is 4.41. The van der Waals surface area contributed by atoms with E-state index in [9.17, 15) is 0 Å². The highest BCUT2D eigenvalue weighted by Crippen LogP contribution is 2.36. The molecular weight excluding hydrogens is 254 g/mol. The average molecular weight is 272 g/mol. The van der Waals surface area contributed by atoms with Crippen LogP contribution in [0.4, 0.5) is 0 Å². The number of halogens is 1. The van der Waals surface area contributed by atoms with Gasteiger partial charge in [-0.05, 0) is 49.3 Å². The van der Waals surface area contributed by atoms with Crippen molar-refractivity contribution < 1.29 is 5.11 Å². The molecule has 94 valence electrons. The first-order chi connectivity index (χ1) is 8.20. The van der Waals surface area contributed by atoms with Crippen molar-refractivity contribution in [2.24, 2.45) is 0 Å². The summed E-state index contributed by atoms with van der Waals surface area (Å²) in [6, 6.07) is 6.53. The Morgan fingerprint density at radius 2 is 2.41 bits per heavy atom. The van der Waals surface area contributed by atoms with Crippen LogP contribution in [0.15, 0.2) is 23.1 Å². The van der Waals surface area contributed by atoms with Gasteiger partial charge in [0.1, 0.15) is 0 Å². The van der Waals surface area contributed by atoms with Gasteiger partial charge < -0.3 is 10.4 Å². The zero-order chi connectivity index (χ0) is 12.3. The number of fused-ring (bicyclic) bond motifs is 1. The van der Waals surface area contributed by atoms with Crippen LogP contribution in [0, 0.1) is 0 Å². The fourth-order valence-corrected chi connectivity index (χ4v) is 3.36. The van der Waals surface area contributed by atoms with Crippen LogP contribution in [-0.2, 0) is 0 Å². The molecule has 0 spiro atoms. The molecule has 2 nitrogen and oxygen atoms in total. The van der Waals surface area contributed by atoms with E-state index in [-0.39, 0.29) is 12.6 Å². The molecule has 0 saturated carbocycles. The van der Waals surface area contributed by atoms with Crippen LogP contribution < -0.4 is 5.32 Å². The van der Waals surface area contributed by atoms with Crippen LogP contribution >= 0.6 is 23.4 Å². The number of hydrogen-bond donors (Lipinski definition) is 2. The third kappa shape index (κ3) is 3.38. The van der Waals surface area contributed by atoms with E-state index in [0.717, 1.165) is 17.2 Å². The van der Waals surface area contributed by atoms with E-state index >= 15 is 0 Å². The lowest BCUT2D eigenvalue weighted by Crippen LogP contribution is -2.33. The Kier molecular flexibility index (Phi) is 4.74. The molecule has 2 atom stereocenters. The molecule has 1 aliphatic rings. The molecule has 0 fully saturated rings. The van der Waals surface area contributed by atoms with E-state index in [1.165, 1.54) is 16.9 Å². The molecule has 0 aromatic heterocycles. The van der Waals surface area contributed by atoms with Gasteiger partial charge in [0, 0.05) is 22.0 Å². The SMILES string of the molecule is C[C@H](CO)NC1CCCSc2ccc(Cl)cc21. The minimum Gasteiger partial charge on any atom is -0.395 e. The van der Waals surface area contributed by atoms with Crippen molar-refractivity contribution in [1.82, 2.24) is 5.32 Å². The molecule has 0 aliphatic carbocycles. The number of rotatable bonds is 3. The molecule has 17 heavy (non-hydrogen) atoms. The summed E-state index contributed by atoms with van der Waals surface area (Å²) in [5.74, 6) is 1.15. The lowest BCUT2D eigenvalue weighted by molar-refractivity contribution is 0.238. The molecule has 1 aliphatic heterocycles. The van der Waals surface area contributed by atoms with E-state index in [4.69, 9.17) is 16.7 Å². The molecule has 4 heteroatoms. The van der Waals surface area contributed by atoms with Crippen molar-refractivity contribution in [2.45, 2.75) is 36.7 Å². The fourth-order valence-electron chi connectivity index (χ4n) is 2.12. The molecule has 1 unspecified atom stereocenters. The molecule has 1 heterocycles. The van der Waals surface area contributed by atoms with E-state index in [2.05, 4.69) is 17.4 Å². The summed E-state index contributed by atoms with van der Waals surface area (Å²) in [7, 11) is 0. The van der Waals surface area contributed by atoms with Crippen molar-refractivity contribution in [3.63, 3.8) is 0 Å². The minimum absolute atomic E-state index is 0.120. The summed E-state index contributed by atoms with van der Waals surface area (Å²) in [5, 5.41) is 13.4. The quantitative estimate of drug-likeness (QED) is 0.885. The molecule has 1 aromatic carbocycles. The molecule has 1 aromatic rings. The van der Waals surface area contributed by atoms with Crippen LogP contribution in [-0.4, -0.2) is 23.5 Å². The fraction of sp³-hybridized carbons (Fsp3) is 0.538. The Bertz CT molecular complexity index is 386. The number of thioether (sulfide) groups is 1.